The quantitative estimate of drug-likeness (QED) is 0.466. The van der Waals surface area contributed by atoms with Gasteiger partial charge in [-0.1, -0.05) is 18.2 Å². The van der Waals surface area contributed by atoms with Crippen LogP contribution in [-0.2, 0) is 14.4 Å². The van der Waals surface area contributed by atoms with Crippen LogP contribution in [0.25, 0.3) is 0 Å². The molecule has 2 rings (SSSR count). The van der Waals surface area contributed by atoms with E-state index in [2.05, 4.69) is 10.6 Å². The second kappa shape index (κ2) is 10.6. The summed E-state index contributed by atoms with van der Waals surface area (Å²) in [5.41, 5.74) is 0.288. The van der Waals surface area contributed by atoms with Gasteiger partial charge in [0.2, 0.25) is 5.91 Å². The molecule has 2 atom stereocenters. The summed E-state index contributed by atoms with van der Waals surface area (Å²) in [5.74, 6) is -2.60. The molecule has 0 saturated heterocycles. The molecule has 0 radical (unpaired) electrons. The molecular formula is C21H22N2O7. The van der Waals surface area contributed by atoms with E-state index in [1.165, 1.54) is 19.1 Å². The lowest BCUT2D eigenvalue weighted by atomic mass is 10.1. The average Bonchev–Trinajstić information content (AvgIpc) is 2.71. The van der Waals surface area contributed by atoms with Gasteiger partial charge >= 0.3 is 11.9 Å². The Balaban J connectivity index is 1.91. The molecule has 0 aliphatic carbocycles. The van der Waals surface area contributed by atoms with Crippen LogP contribution in [0.4, 0.5) is 0 Å². The van der Waals surface area contributed by atoms with Crippen molar-refractivity contribution < 1.29 is 34.1 Å². The monoisotopic (exact) mass is 414 g/mol. The zero-order chi connectivity index (χ0) is 22.1. The molecule has 1 unspecified atom stereocenters. The predicted molar refractivity (Wildman–Crippen MR) is 106 cm³/mol. The van der Waals surface area contributed by atoms with Crippen LogP contribution in [0, 0.1) is 0 Å². The van der Waals surface area contributed by atoms with Gasteiger partial charge in [0, 0.05) is 12.0 Å². The SMILES string of the molecule is CC(NC(=O)c1ccc(Oc2ccccc2)cc1)C(=O)N[C@@H](CCC(=O)O)C(=O)O. The molecule has 0 spiro atoms. The molecule has 30 heavy (non-hydrogen) atoms. The Kier molecular flexibility index (Phi) is 7.92. The molecule has 0 saturated carbocycles. The molecule has 158 valence electrons. The van der Waals surface area contributed by atoms with E-state index in [4.69, 9.17) is 14.9 Å². The standard InChI is InChI=1S/C21H22N2O7/c1-13(19(26)23-17(21(28)29)11-12-18(24)25)22-20(27)14-7-9-16(10-8-14)30-15-5-3-2-4-6-15/h2-10,13,17H,11-12H2,1H3,(H,22,27)(H,23,26)(H,24,25)(H,28,29)/t13?,17-/m0/s1. The summed E-state index contributed by atoms with van der Waals surface area (Å²) in [4.78, 5) is 46.3. The van der Waals surface area contributed by atoms with E-state index >= 15 is 0 Å². The minimum Gasteiger partial charge on any atom is -0.481 e. The van der Waals surface area contributed by atoms with Crippen LogP contribution in [0.5, 0.6) is 11.5 Å². The summed E-state index contributed by atoms with van der Waals surface area (Å²) in [6.45, 7) is 1.40. The third-order valence-electron chi connectivity index (χ3n) is 4.10. The topological polar surface area (TPSA) is 142 Å². The van der Waals surface area contributed by atoms with Crippen LogP contribution < -0.4 is 15.4 Å². The van der Waals surface area contributed by atoms with Gasteiger partial charge in [0.05, 0.1) is 0 Å². The van der Waals surface area contributed by atoms with Crippen LogP contribution in [-0.4, -0.2) is 46.0 Å². The number of para-hydroxylation sites is 1. The molecule has 2 aromatic carbocycles. The molecule has 0 bridgehead atoms. The Morgan fingerprint density at radius 3 is 2.07 bits per heavy atom. The fourth-order valence-electron chi connectivity index (χ4n) is 2.47. The van der Waals surface area contributed by atoms with E-state index in [1.54, 1.807) is 24.3 Å². The van der Waals surface area contributed by atoms with E-state index in [1.807, 2.05) is 18.2 Å². The second-order valence-corrected chi connectivity index (χ2v) is 6.47. The zero-order valence-electron chi connectivity index (χ0n) is 16.2. The number of nitrogens with one attached hydrogen (secondary N) is 2. The van der Waals surface area contributed by atoms with E-state index < -0.39 is 42.3 Å². The van der Waals surface area contributed by atoms with Crippen molar-refractivity contribution in [1.82, 2.24) is 10.6 Å². The van der Waals surface area contributed by atoms with Gasteiger partial charge in [-0.3, -0.25) is 14.4 Å². The van der Waals surface area contributed by atoms with Crippen molar-refractivity contribution in [2.45, 2.75) is 31.8 Å². The van der Waals surface area contributed by atoms with Crippen molar-refractivity contribution in [2.24, 2.45) is 0 Å². The molecule has 9 heteroatoms. The predicted octanol–water partition coefficient (Wildman–Crippen LogP) is 2.03. The van der Waals surface area contributed by atoms with E-state index in [-0.39, 0.29) is 12.0 Å². The van der Waals surface area contributed by atoms with Crippen LogP contribution >= 0.6 is 0 Å². The first-order valence-electron chi connectivity index (χ1n) is 9.15. The fourth-order valence-corrected chi connectivity index (χ4v) is 2.47. The highest BCUT2D eigenvalue weighted by molar-refractivity contribution is 5.98. The molecule has 9 nitrogen and oxygen atoms in total. The van der Waals surface area contributed by atoms with Crippen molar-refractivity contribution in [1.29, 1.82) is 0 Å². The molecule has 0 aliphatic heterocycles. The summed E-state index contributed by atoms with van der Waals surface area (Å²) in [5, 5.41) is 22.5. The lowest BCUT2D eigenvalue weighted by Crippen LogP contribution is -2.50. The van der Waals surface area contributed by atoms with Gasteiger partial charge in [0.25, 0.3) is 5.91 Å². The number of benzene rings is 2. The molecule has 4 N–H and O–H groups in total. The van der Waals surface area contributed by atoms with Crippen molar-refractivity contribution >= 4 is 23.8 Å². The van der Waals surface area contributed by atoms with E-state index in [0.717, 1.165) is 0 Å². The van der Waals surface area contributed by atoms with Crippen molar-refractivity contribution in [2.75, 3.05) is 0 Å². The fraction of sp³-hybridized carbons (Fsp3) is 0.238. The number of carbonyl (C=O) groups excluding carboxylic acids is 2. The molecule has 0 aliphatic rings. The van der Waals surface area contributed by atoms with E-state index in [9.17, 15) is 19.2 Å². The average molecular weight is 414 g/mol. The molecular weight excluding hydrogens is 392 g/mol. The molecule has 0 fully saturated rings. The van der Waals surface area contributed by atoms with Gasteiger partial charge in [-0.05, 0) is 49.7 Å². The lowest BCUT2D eigenvalue weighted by molar-refractivity contribution is -0.143. The highest BCUT2D eigenvalue weighted by Gasteiger charge is 2.24. The van der Waals surface area contributed by atoms with Crippen molar-refractivity contribution in [3.05, 3.63) is 60.2 Å². The number of carbonyl (C=O) groups is 4. The summed E-state index contributed by atoms with van der Waals surface area (Å²) in [7, 11) is 0. The first-order chi connectivity index (χ1) is 14.3. The molecule has 0 heterocycles. The first kappa shape index (κ1) is 22.4. The zero-order valence-corrected chi connectivity index (χ0v) is 16.2. The highest BCUT2D eigenvalue weighted by Crippen LogP contribution is 2.21. The first-order valence-corrected chi connectivity index (χ1v) is 9.15. The van der Waals surface area contributed by atoms with Crippen molar-refractivity contribution in [3.63, 3.8) is 0 Å². The van der Waals surface area contributed by atoms with Gasteiger partial charge in [-0.15, -0.1) is 0 Å². The van der Waals surface area contributed by atoms with Crippen LogP contribution in [0.15, 0.2) is 54.6 Å². The number of amides is 2. The van der Waals surface area contributed by atoms with Gasteiger partial charge < -0.3 is 25.6 Å². The number of hydrogen-bond donors (Lipinski definition) is 4. The maximum Gasteiger partial charge on any atom is 0.326 e. The Morgan fingerprint density at radius 2 is 1.50 bits per heavy atom. The Hall–Kier alpha value is -3.88. The minimum absolute atomic E-state index is 0.264. The van der Waals surface area contributed by atoms with Crippen molar-refractivity contribution in [3.8, 4) is 11.5 Å². The van der Waals surface area contributed by atoms with Gasteiger partial charge in [-0.2, -0.15) is 0 Å². The summed E-state index contributed by atoms with van der Waals surface area (Å²) in [6.07, 6.45) is -0.671. The maximum atomic E-state index is 12.3. The number of rotatable bonds is 10. The number of carboxylic acids is 2. The summed E-state index contributed by atoms with van der Waals surface area (Å²) >= 11 is 0. The maximum absolute atomic E-state index is 12.3. The number of hydrogen-bond acceptors (Lipinski definition) is 5. The third kappa shape index (κ3) is 6.93. The van der Waals surface area contributed by atoms with E-state index in [0.29, 0.717) is 11.5 Å². The molecule has 2 amide bonds. The third-order valence-corrected chi connectivity index (χ3v) is 4.10. The smallest absolute Gasteiger partial charge is 0.326 e. The van der Waals surface area contributed by atoms with Crippen LogP contribution in [0.1, 0.15) is 30.1 Å². The van der Waals surface area contributed by atoms with Gasteiger partial charge in [0.15, 0.2) is 0 Å². The van der Waals surface area contributed by atoms with Crippen LogP contribution in [0.3, 0.4) is 0 Å². The largest absolute Gasteiger partial charge is 0.481 e. The Morgan fingerprint density at radius 1 is 0.900 bits per heavy atom. The Bertz CT molecular complexity index is 897. The summed E-state index contributed by atoms with van der Waals surface area (Å²) < 4.78 is 5.65. The molecule has 2 aromatic rings. The second-order valence-electron chi connectivity index (χ2n) is 6.47. The normalized spacial score (nSPS) is 12.3. The number of carboxylic acid groups (broad SMARTS) is 2. The van der Waals surface area contributed by atoms with Gasteiger partial charge in [-0.25, -0.2) is 4.79 Å². The van der Waals surface area contributed by atoms with Gasteiger partial charge in [0.1, 0.15) is 23.6 Å². The minimum atomic E-state index is -1.36. The highest BCUT2D eigenvalue weighted by atomic mass is 16.5. The molecule has 0 aromatic heterocycles. The lowest BCUT2D eigenvalue weighted by Gasteiger charge is -2.18. The summed E-state index contributed by atoms with van der Waals surface area (Å²) in [6, 6.07) is 13.0. The van der Waals surface area contributed by atoms with Crippen LogP contribution in [0.2, 0.25) is 0 Å². The number of ether oxygens (including phenoxy) is 1. The number of aliphatic carboxylic acids is 2. The Labute approximate surface area is 172 Å².